The zero-order valence-corrected chi connectivity index (χ0v) is 25.1. The summed E-state index contributed by atoms with van der Waals surface area (Å²) in [5.74, 6) is 1.07. The van der Waals surface area contributed by atoms with Gasteiger partial charge in [-0.3, -0.25) is 4.79 Å². The van der Waals surface area contributed by atoms with Gasteiger partial charge in [-0.25, -0.2) is 0 Å². The van der Waals surface area contributed by atoms with Crippen molar-refractivity contribution in [3.63, 3.8) is 0 Å². The molecule has 2 N–H and O–H groups in total. The van der Waals surface area contributed by atoms with Gasteiger partial charge in [0, 0.05) is 17.4 Å². The fourth-order valence-corrected chi connectivity index (χ4v) is 7.08. The van der Waals surface area contributed by atoms with Crippen LogP contribution in [-0.4, -0.2) is 46.0 Å². The van der Waals surface area contributed by atoms with E-state index in [-0.39, 0.29) is 23.6 Å². The van der Waals surface area contributed by atoms with Crippen molar-refractivity contribution in [2.24, 2.45) is 11.3 Å². The standard InChI is InChI=1S/C31H60O4S/c1-5-7-9-10-11-12-15-18-24-35-30(34)20-17-14-13-16-19-26-27(32)21-22-28(26)36-25-29(33)31(3,4)23-8-6-2/h26-29,32-33H,5-25H2,1-4H3. The maximum atomic E-state index is 12.0. The molecule has 0 radical (unpaired) electrons. The van der Waals surface area contributed by atoms with Gasteiger partial charge >= 0.3 is 5.97 Å². The molecule has 0 aromatic carbocycles. The first-order valence-corrected chi connectivity index (χ1v) is 16.5. The first-order valence-electron chi connectivity index (χ1n) is 15.4. The zero-order chi connectivity index (χ0) is 26.7. The first-order chi connectivity index (χ1) is 17.3. The normalized spacial score (nSPS) is 21.1. The lowest BCUT2D eigenvalue weighted by molar-refractivity contribution is -0.143. The van der Waals surface area contributed by atoms with Crippen LogP contribution in [0.25, 0.3) is 0 Å². The van der Waals surface area contributed by atoms with Crippen LogP contribution in [0.3, 0.4) is 0 Å². The molecule has 5 heteroatoms. The average molecular weight is 529 g/mol. The minimum absolute atomic E-state index is 0.0369. The molecule has 0 aromatic rings. The van der Waals surface area contributed by atoms with Gasteiger partial charge in [-0.1, -0.05) is 105 Å². The molecule has 0 aliphatic heterocycles. The van der Waals surface area contributed by atoms with Gasteiger partial charge in [0.1, 0.15) is 0 Å². The number of carbonyl (C=O) groups excluding carboxylic acids is 1. The van der Waals surface area contributed by atoms with E-state index < -0.39 is 0 Å². The Morgan fingerprint density at radius 3 is 2.19 bits per heavy atom. The van der Waals surface area contributed by atoms with Gasteiger partial charge in [0.25, 0.3) is 0 Å². The van der Waals surface area contributed by atoms with Crippen molar-refractivity contribution in [3.05, 3.63) is 0 Å². The third kappa shape index (κ3) is 15.2. The smallest absolute Gasteiger partial charge is 0.305 e. The molecule has 0 saturated heterocycles. The number of thioether (sulfide) groups is 1. The summed E-state index contributed by atoms with van der Waals surface area (Å²) in [7, 11) is 0. The molecule has 4 atom stereocenters. The van der Waals surface area contributed by atoms with Gasteiger partial charge < -0.3 is 14.9 Å². The van der Waals surface area contributed by atoms with Crippen LogP contribution in [0.15, 0.2) is 0 Å². The molecule has 0 bridgehead atoms. The third-order valence-electron chi connectivity index (χ3n) is 8.19. The minimum atomic E-state index is -0.289. The third-order valence-corrected chi connectivity index (χ3v) is 9.71. The van der Waals surface area contributed by atoms with Crippen LogP contribution >= 0.6 is 11.8 Å². The molecule has 1 saturated carbocycles. The highest BCUT2D eigenvalue weighted by Crippen LogP contribution is 2.40. The number of hydrogen-bond donors (Lipinski definition) is 2. The van der Waals surface area contributed by atoms with E-state index in [1.807, 2.05) is 11.8 Å². The van der Waals surface area contributed by atoms with Crippen molar-refractivity contribution < 1.29 is 19.7 Å². The highest BCUT2D eigenvalue weighted by molar-refractivity contribution is 7.99. The Hall–Kier alpha value is -0.260. The van der Waals surface area contributed by atoms with Crippen molar-refractivity contribution in [1.29, 1.82) is 0 Å². The second-order valence-corrected chi connectivity index (χ2v) is 13.2. The van der Waals surface area contributed by atoms with Crippen LogP contribution < -0.4 is 0 Å². The van der Waals surface area contributed by atoms with Gasteiger partial charge in [-0.15, -0.1) is 0 Å². The molecule has 1 rings (SSSR count). The second-order valence-electron chi connectivity index (χ2n) is 11.9. The summed E-state index contributed by atoms with van der Waals surface area (Å²) in [6.07, 6.45) is 20.7. The fraction of sp³-hybridized carbons (Fsp3) is 0.968. The van der Waals surface area contributed by atoms with E-state index in [0.29, 0.717) is 24.2 Å². The zero-order valence-electron chi connectivity index (χ0n) is 24.3. The monoisotopic (exact) mass is 528 g/mol. The lowest BCUT2D eigenvalue weighted by Crippen LogP contribution is -2.32. The summed E-state index contributed by atoms with van der Waals surface area (Å²) in [6, 6.07) is 0. The number of aliphatic hydroxyl groups is 2. The topological polar surface area (TPSA) is 66.8 Å². The van der Waals surface area contributed by atoms with Crippen molar-refractivity contribution >= 4 is 17.7 Å². The van der Waals surface area contributed by atoms with Crippen molar-refractivity contribution in [2.45, 2.75) is 167 Å². The summed E-state index contributed by atoms with van der Waals surface area (Å²) in [6.45, 7) is 9.39. The maximum absolute atomic E-state index is 12.0. The molecule has 4 unspecified atom stereocenters. The SMILES string of the molecule is CCCCCCCCCCOC(=O)CCCCCCC1C(O)CCC1SCC(O)C(C)(C)CCCC. The molecule has 0 aromatic heterocycles. The average Bonchev–Trinajstić information content (AvgIpc) is 3.21. The largest absolute Gasteiger partial charge is 0.466 e. The van der Waals surface area contributed by atoms with E-state index in [1.54, 1.807) is 0 Å². The summed E-state index contributed by atoms with van der Waals surface area (Å²) in [4.78, 5) is 12.0. The van der Waals surface area contributed by atoms with Gasteiger partial charge in [-0.05, 0) is 49.9 Å². The van der Waals surface area contributed by atoms with E-state index in [2.05, 4.69) is 27.7 Å². The van der Waals surface area contributed by atoms with E-state index in [4.69, 9.17) is 4.74 Å². The number of ether oxygens (including phenoxy) is 1. The van der Waals surface area contributed by atoms with Gasteiger partial charge in [0.2, 0.25) is 0 Å². The second kappa shape index (κ2) is 20.7. The van der Waals surface area contributed by atoms with Crippen molar-refractivity contribution in [3.8, 4) is 0 Å². The Bertz CT molecular complexity index is 539. The molecule has 1 aliphatic rings. The lowest BCUT2D eigenvalue weighted by atomic mass is 9.82. The Labute approximate surface area is 228 Å². The van der Waals surface area contributed by atoms with Gasteiger partial charge in [0.05, 0.1) is 18.8 Å². The first kappa shape index (κ1) is 33.8. The lowest BCUT2D eigenvalue weighted by Gasteiger charge is -2.32. The molecule has 0 heterocycles. The van der Waals surface area contributed by atoms with Crippen LogP contribution in [0, 0.1) is 11.3 Å². The minimum Gasteiger partial charge on any atom is -0.466 e. The van der Waals surface area contributed by atoms with Gasteiger partial charge in [-0.2, -0.15) is 11.8 Å². The number of esters is 1. The van der Waals surface area contributed by atoms with E-state index in [1.165, 1.54) is 51.4 Å². The molecule has 0 amide bonds. The molecule has 0 spiro atoms. The molecule has 1 aliphatic carbocycles. The predicted octanol–water partition coefficient (Wildman–Crippen LogP) is 8.46. The van der Waals surface area contributed by atoms with Crippen LogP contribution in [0.2, 0.25) is 0 Å². The predicted molar refractivity (Wildman–Crippen MR) is 156 cm³/mol. The van der Waals surface area contributed by atoms with Crippen LogP contribution in [0.4, 0.5) is 0 Å². The molecule has 214 valence electrons. The van der Waals surface area contributed by atoms with Crippen molar-refractivity contribution in [1.82, 2.24) is 0 Å². The van der Waals surface area contributed by atoms with E-state index in [0.717, 1.165) is 70.0 Å². The number of hydrogen-bond acceptors (Lipinski definition) is 5. The number of unbranched alkanes of at least 4 members (excludes halogenated alkanes) is 11. The van der Waals surface area contributed by atoms with Crippen LogP contribution in [-0.2, 0) is 9.53 Å². The van der Waals surface area contributed by atoms with Crippen LogP contribution in [0.5, 0.6) is 0 Å². The highest BCUT2D eigenvalue weighted by Gasteiger charge is 2.36. The number of carbonyl (C=O) groups is 1. The molecular formula is C31H60O4S. The Morgan fingerprint density at radius 2 is 1.50 bits per heavy atom. The Balaban J connectivity index is 2.09. The van der Waals surface area contributed by atoms with Crippen LogP contribution in [0.1, 0.15) is 150 Å². The van der Waals surface area contributed by atoms with E-state index in [9.17, 15) is 15.0 Å². The maximum Gasteiger partial charge on any atom is 0.305 e. The van der Waals surface area contributed by atoms with Gasteiger partial charge in [0.15, 0.2) is 0 Å². The number of aliphatic hydroxyl groups excluding tert-OH is 2. The Kier molecular flexibility index (Phi) is 19.4. The quantitative estimate of drug-likeness (QED) is 0.103. The summed E-state index contributed by atoms with van der Waals surface area (Å²) in [5, 5.41) is 21.7. The van der Waals surface area contributed by atoms with Crippen molar-refractivity contribution in [2.75, 3.05) is 12.4 Å². The molecule has 1 fully saturated rings. The number of rotatable bonds is 23. The summed E-state index contributed by atoms with van der Waals surface area (Å²) < 4.78 is 5.40. The summed E-state index contributed by atoms with van der Waals surface area (Å²) >= 11 is 1.88. The molecule has 36 heavy (non-hydrogen) atoms. The Morgan fingerprint density at radius 1 is 0.889 bits per heavy atom. The summed E-state index contributed by atoms with van der Waals surface area (Å²) in [5.41, 5.74) is -0.0369. The molecule has 4 nitrogen and oxygen atoms in total. The highest BCUT2D eigenvalue weighted by atomic mass is 32.2. The van der Waals surface area contributed by atoms with E-state index >= 15 is 0 Å². The molecular weight excluding hydrogens is 468 g/mol. The fourth-order valence-electron chi connectivity index (χ4n) is 5.33.